The standard InChI is InChI=1S/C24H36N4O8/c1-6-35-19(31)13-14-26-21(32)20(15-7-9-16(29)10-8-15)28(5)22(33)17(11-12-18(25)30)27-23(34)36-24(2,3)4/h7-10,17,20,29H,6,11-14H2,1-5H3,(H2,25,30)(H,26,32)(H,27,34). The third-order valence-electron chi connectivity index (χ3n) is 4.79. The van der Waals surface area contributed by atoms with Gasteiger partial charge in [-0.1, -0.05) is 12.1 Å². The van der Waals surface area contributed by atoms with Crippen molar-refractivity contribution in [2.75, 3.05) is 20.2 Å². The Kier molecular flexibility index (Phi) is 11.7. The zero-order chi connectivity index (χ0) is 27.5. The van der Waals surface area contributed by atoms with Crippen LogP contribution >= 0.6 is 0 Å². The monoisotopic (exact) mass is 508 g/mol. The highest BCUT2D eigenvalue weighted by Crippen LogP contribution is 2.23. The maximum atomic E-state index is 13.4. The van der Waals surface area contributed by atoms with Crippen molar-refractivity contribution < 1.29 is 38.6 Å². The number of phenols is 1. The van der Waals surface area contributed by atoms with Gasteiger partial charge in [0.05, 0.1) is 13.0 Å². The van der Waals surface area contributed by atoms with E-state index in [1.165, 1.54) is 31.3 Å². The molecule has 2 unspecified atom stereocenters. The van der Waals surface area contributed by atoms with Crippen molar-refractivity contribution in [1.82, 2.24) is 15.5 Å². The third-order valence-corrected chi connectivity index (χ3v) is 4.79. The summed E-state index contributed by atoms with van der Waals surface area (Å²) >= 11 is 0. The van der Waals surface area contributed by atoms with Gasteiger partial charge in [-0.15, -0.1) is 0 Å². The van der Waals surface area contributed by atoms with Crippen molar-refractivity contribution in [1.29, 1.82) is 0 Å². The molecule has 0 aliphatic heterocycles. The van der Waals surface area contributed by atoms with E-state index in [4.69, 9.17) is 15.2 Å². The van der Waals surface area contributed by atoms with Gasteiger partial charge >= 0.3 is 12.1 Å². The number of benzene rings is 1. The molecule has 0 heterocycles. The molecule has 1 aromatic carbocycles. The number of primary amides is 1. The molecule has 2 atom stereocenters. The minimum Gasteiger partial charge on any atom is -0.508 e. The summed E-state index contributed by atoms with van der Waals surface area (Å²) in [5, 5.41) is 14.7. The molecule has 36 heavy (non-hydrogen) atoms. The summed E-state index contributed by atoms with van der Waals surface area (Å²) in [4.78, 5) is 62.9. The lowest BCUT2D eigenvalue weighted by molar-refractivity contribution is -0.144. The van der Waals surface area contributed by atoms with Crippen molar-refractivity contribution in [3.05, 3.63) is 29.8 Å². The van der Waals surface area contributed by atoms with Gasteiger partial charge in [0.2, 0.25) is 17.7 Å². The van der Waals surface area contributed by atoms with Crippen LogP contribution in [0.1, 0.15) is 58.6 Å². The maximum absolute atomic E-state index is 13.4. The lowest BCUT2D eigenvalue weighted by Gasteiger charge is -2.31. The first kappa shape index (κ1) is 30.2. The Hall–Kier alpha value is -3.83. The first-order valence-corrected chi connectivity index (χ1v) is 11.5. The number of nitrogens with zero attached hydrogens (tertiary/aromatic N) is 1. The van der Waals surface area contributed by atoms with Crippen molar-refractivity contribution in [2.24, 2.45) is 5.73 Å². The van der Waals surface area contributed by atoms with Gasteiger partial charge in [0.15, 0.2) is 0 Å². The highest BCUT2D eigenvalue weighted by molar-refractivity contribution is 5.92. The molecule has 12 heteroatoms. The van der Waals surface area contributed by atoms with Crippen LogP contribution in [0.15, 0.2) is 24.3 Å². The van der Waals surface area contributed by atoms with Crippen molar-refractivity contribution in [2.45, 2.75) is 64.6 Å². The van der Waals surface area contributed by atoms with Crippen molar-refractivity contribution in [3.8, 4) is 5.75 Å². The fourth-order valence-electron chi connectivity index (χ4n) is 3.19. The molecule has 0 radical (unpaired) electrons. The Morgan fingerprint density at radius 3 is 2.22 bits per heavy atom. The van der Waals surface area contributed by atoms with Crippen LogP contribution in [0.5, 0.6) is 5.75 Å². The number of alkyl carbamates (subject to hydrolysis) is 1. The SMILES string of the molecule is CCOC(=O)CCNC(=O)C(c1ccc(O)cc1)N(C)C(=O)C(CCC(N)=O)NC(=O)OC(C)(C)C. The molecule has 12 nitrogen and oxygen atoms in total. The molecule has 0 saturated heterocycles. The number of nitrogens with two attached hydrogens (primary N) is 1. The van der Waals surface area contributed by atoms with E-state index in [2.05, 4.69) is 10.6 Å². The molecule has 1 rings (SSSR count). The molecule has 0 aliphatic rings. The fourth-order valence-corrected chi connectivity index (χ4v) is 3.19. The van der Waals surface area contributed by atoms with Gasteiger partial charge in [0.1, 0.15) is 23.4 Å². The first-order valence-electron chi connectivity index (χ1n) is 11.5. The molecule has 0 aromatic heterocycles. The number of phenolic OH excluding ortho intramolecular Hbond substituents is 1. The van der Waals surface area contributed by atoms with Crippen LogP contribution in [0, 0.1) is 0 Å². The van der Waals surface area contributed by atoms with E-state index in [1.54, 1.807) is 27.7 Å². The van der Waals surface area contributed by atoms with Crippen LogP contribution in [0.2, 0.25) is 0 Å². The summed E-state index contributed by atoms with van der Waals surface area (Å²) in [6, 6.07) is 3.25. The quantitative estimate of drug-likeness (QED) is 0.303. The number of likely N-dealkylation sites (N-methyl/N-ethyl adjacent to an activating group) is 1. The maximum Gasteiger partial charge on any atom is 0.408 e. The molecule has 0 bridgehead atoms. The highest BCUT2D eigenvalue weighted by atomic mass is 16.6. The topological polar surface area (TPSA) is 177 Å². The van der Waals surface area contributed by atoms with E-state index in [0.717, 1.165) is 4.90 Å². The average molecular weight is 509 g/mol. The number of carbonyl (C=O) groups excluding carboxylic acids is 5. The van der Waals surface area contributed by atoms with Crippen LogP contribution < -0.4 is 16.4 Å². The van der Waals surface area contributed by atoms with E-state index in [1.807, 2.05) is 0 Å². The molecular weight excluding hydrogens is 472 g/mol. The van der Waals surface area contributed by atoms with Crippen molar-refractivity contribution in [3.63, 3.8) is 0 Å². The summed E-state index contributed by atoms with van der Waals surface area (Å²) in [6.45, 7) is 6.80. The molecule has 0 fully saturated rings. The van der Waals surface area contributed by atoms with Gasteiger partial charge < -0.3 is 35.8 Å². The van der Waals surface area contributed by atoms with Gasteiger partial charge in [-0.2, -0.15) is 0 Å². The van der Waals surface area contributed by atoms with Crippen molar-refractivity contribution >= 4 is 29.8 Å². The molecule has 0 aliphatic carbocycles. The highest BCUT2D eigenvalue weighted by Gasteiger charge is 2.34. The first-order chi connectivity index (χ1) is 16.7. The number of ether oxygens (including phenoxy) is 2. The van der Waals surface area contributed by atoms with E-state index >= 15 is 0 Å². The lowest BCUT2D eigenvalue weighted by atomic mass is 10.0. The summed E-state index contributed by atoms with van der Waals surface area (Å²) < 4.78 is 10.1. The van der Waals surface area contributed by atoms with Crippen LogP contribution in [0.25, 0.3) is 0 Å². The Balaban J connectivity index is 3.17. The number of hydrogen-bond acceptors (Lipinski definition) is 8. The van der Waals surface area contributed by atoms with E-state index in [-0.39, 0.29) is 38.2 Å². The van der Waals surface area contributed by atoms with Gasteiger partial charge in [-0.05, 0) is 51.8 Å². The number of carbonyl (C=O) groups is 5. The van der Waals surface area contributed by atoms with E-state index in [0.29, 0.717) is 5.56 Å². The molecule has 200 valence electrons. The van der Waals surface area contributed by atoms with Gasteiger partial charge in [0, 0.05) is 20.0 Å². The number of rotatable bonds is 12. The summed E-state index contributed by atoms with van der Waals surface area (Å²) in [5.41, 5.74) is 4.76. The van der Waals surface area contributed by atoms with Gasteiger partial charge in [-0.25, -0.2) is 4.79 Å². The zero-order valence-electron chi connectivity index (χ0n) is 21.3. The number of aromatic hydroxyl groups is 1. The van der Waals surface area contributed by atoms with E-state index in [9.17, 15) is 29.1 Å². The lowest BCUT2D eigenvalue weighted by Crippen LogP contribution is -2.52. The molecule has 4 amide bonds. The largest absolute Gasteiger partial charge is 0.508 e. The zero-order valence-corrected chi connectivity index (χ0v) is 21.3. The molecule has 0 spiro atoms. The molecule has 1 aromatic rings. The Morgan fingerprint density at radius 2 is 1.69 bits per heavy atom. The third kappa shape index (κ3) is 10.6. The predicted molar refractivity (Wildman–Crippen MR) is 129 cm³/mol. The number of nitrogens with one attached hydrogen (secondary N) is 2. The van der Waals surface area contributed by atoms with Crippen LogP contribution in [0.4, 0.5) is 4.79 Å². The predicted octanol–water partition coefficient (Wildman–Crippen LogP) is 1.12. The molecule has 0 saturated carbocycles. The summed E-state index contributed by atoms with van der Waals surface area (Å²) in [5.74, 6) is -2.49. The molecular formula is C24H36N4O8. The summed E-state index contributed by atoms with van der Waals surface area (Å²) in [7, 11) is 1.36. The van der Waals surface area contributed by atoms with Gasteiger partial charge in [-0.3, -0.25) is 19.2 Å². The number of hydrogen-bond donors (Lipinski definition) is 4. The smallest absolute Gasteiger partial charge is 0.408 e. The number of esters is 1. The molecule has 5 N–H and O–H groups in total. The minimum absolute atomic E-state index is 0.0322. The van der Waals surface area contributed by atoms with Gasteiger partial charge in [0.25, 0.3) is 0 Å². The Labute approximate surface area is 210 Å². The average Bonchev–Trinajstić information content (AvgIpc) is 2.76. The minimum atomic E-state index is -1.22. The second-order valence-corrected chi connectivity index (χ2v) is 8.99. The fraction of sp³-hybridized carbons (Fsp3) is 0.542. The van der Waals surface area contributed by atoms with Crippen LogP contribution in [-0.2, 0) is 28.7 Å². The van der Waals surface area contributed by atoms with E-state index < -0.39 is 47.5 Å². The summed E-state index contributed by atoms with van der Waals surface area (Å²) in [6.07, 6.45) is -1.26. The second-order valence-electron chi connectivity index (χ2n) is 8.99. The van der Waals surface area contributed by atoms with Crippen LogP contribution in [-0.4, -0.2) is 71.6 Å². The normalized spacial score (nSPS) is 12.6. The Bertz CT molecular complexity index is 927. The second kappa shape index (κ2) is 13.9. The van der Waals surface area contributed by atoms with Crippen LogP contribution in [0.3, 0.4) is 0 Å². The number of amides is 4. The Morgan fingerprint density at radius 1 is 1.08 bits per heavy atom.